The Kier molecular flexibility index (Phi) is 4.34. The summed E-state index contributed by atoms with van der Waals surface area (Å²) in [5.41, 5.74) is 5.71. The van der Waals surface area contributed by atoms with Gasteiger partial charge in [0.25, 0.3) is 0 Å². The van der Waals surface area contributed by atoms with Crippen molar-refractivity contribution in [2.24, 2.45) is 5.73 Å². The van der Waals surface area contributed by atoms with Gasteiger partial charge in [-0.1, -0.05) is 0 Å². The Labute approximate surface area is 111 Å². The van der Waals surface area contributed by atoms with Crippen LogP contribution in [-0.4, -0.2) is 45.3 Å². The average Bonchev–Trinajstić information content (AvgIpc) is 2.39. The smallest absolute Gasteiger partial charge is 0.248 e. The van der Waals surface area contributed by atoms with Crippen LogP contribution < -0.4 is 16.0 Å². The second-order valence-electron chi connectivity index (χ2n) is 4.61. The molecule has 19 heavy (non-hydrogen) atoms. The van der Waals surface area contributed by atoms with Crippen molar-refractivity contribution in [1.82, 2.24) is 5.32 Å². The normalized spacial score (nSPS) is 19.2. The fourth-order valence-electron chi connectivity index (χ4n) is 2.11. The van der Waals surface area contributed by atoms with Crippen LogP contribution in [0.15, 0.2) is 18.2 Å². The Balaban J connectivity index is 2.05. The quantitative estimate of drug-likeness (QED) is 0.826. The minimum absolute atomic E-state index is 0.0361. The van der Waals surface area contributed by atoms with Gasteiger partial charge < -0.3 is 20.7 Å². The van der Waals surface area contributed by atoms with Crippen LogP contribution in [0.1, 0.15) is 10.4 Å². The number of hydrogen-bond acceptors (Lipinski definition) is 4. The first-order valence-corrected chi connectivity index (χ1v) is 6.20. The molecule has 0 radical (unpaired) electrons. The molecule has 3 N–H and O–H groups in total. The third kappa shape index (κ3) is 3.42. The molecule has 0 aliphatic carbocycles. The molecule has 1 aliphatic rings. The zero-order chi connectivity index (χ0) is 13.8. The number of carbonyl (C=O) groups is 1. The Bertz CT molecular complexity index is 461. The first-order valence-electron chi connectivity index (χ1n) is 6.20. The van der Waals surface area contributed by atoms with Crippen molar-refractivity contribution in [1.29, 1.82) is 0 Å². The Morgan fingerprint density at radius 3 is 3.00 bits per heavy atom. The lowest BCUT2D eigenvalue weighted by Gasteiger charge is -2.29. The lowest BCUT2D eigenvalue weighted by Crippen LogP contribution is -2.44. The van der Waals surface area contributed by atoms with Gasteiger partial charge in [0.2, 0.25) is 5.91 Å². The van der Waals surface area contributed by atoms with E-state index in [4.69, 9.17) is 10.5 Å². The number of likely N-dealkylation sites (N-methyl/N-ethyl adjacent to an activating group) is 1. The second-order valence-corrected chi connectivity index (χ2v) is 4.61. The van der Waals surface area contributed by atoms with Crippen LogP contribution in [0.4, 0.5) is 10.1 Å². The van der Waals surface area contributed by atoms with E-state index in [1.54, 1.807) is 18.0 Å². The lowest BCUT2D eigenvalue weighted by atomic mass is 10.1. The number of ether oxygens (including phenoxy) is 1. The van der Waals surface area contributed by atoms with Gasteiger partial charge in [-0.2, -0.15) is 0 Å². The van der Waals surface area contributed by atoms with E-state index in [0.717, 1.165) is 19.2 Å². The molecule has 1 heterocycles. The van der Waals surface area contributed by atoms with E-state index >= 15 is 0 Å². The molecule has 1 fully saturated rings. The molecule has 1 atom stereocenters. The molecule has 1 aromatic carbocycles. The molecule has 1 saturated heterocycles. The van der Waals surface area contributed by atoms with Gasteiger partial charge in [-0.05, 0) is 18.2 Å². The molecule has 2 rings (SSSR count). The van der Waals surface area contributed by atoms with Crippen LogP contribution in [0.3, 0.4) is 0 Å². The number of halogens is 1. The highest BCUT2D eigenvalue weighted by molar-refractivity contribution is 5.93. The summed E-state index contributed by atoms with van der Waals surface area (Å²) in [6.45, 7) is 2.86. The molecule has 6 heteroatoms. The largest absolute Gasteiger partial charge is 0.374 e. The van der Waals surface area contributed by atoms with Crippen molar-refractivity contribution in [2.45, 2.75) is 6.10 Å². The summed E-state index contributed by atoms with van der Waals surface area (Å²) in [4.78, 5) is 12.7. The van der Waals surface area contributed by atoms with Crippen LogP contribution in [0.2, 0.25) is 0 Å². The summed E-state index contributed by atoms with van der Waals surface area (Å²) >= 11 is 0. The van der Waals surface area contributed by atoms with Crippen LogP contribution in [0, 0.1) is 5.82 Å². The Hall–Kier alpha value is -1.66. The SMILES string of the molecule is CN(CC1CNCCO1)c1ccc(C(N)=O)cc1F. The number of nitrogens with zero attached hydrogens (tertiary/aromatic N) is 1. The number of hydrogen-bond donors (Lipinski definition) is 2. The van der Waals surface area contributed by atoms with Crippen LogP contribution in [-0.2, 0) is 4.74 Å². The molecule has 0 spiro atoms. The summed E-state index contributed by atoms with van der Waals surface area (Å²) in [5.74, 6) is -1.09. The molecule has 1 aromatic rings. The van der Waals surface area contributed by atoms with E-state index in [0.29, 0.717) is 18.8 Å². The van der Waals surface area contributed by atoms with E-state index in [1.165, 1.54) is 6.07 Å². The van der Waals surface area contributed by atoms with Crippen LogP contribution >= 0.6 is 0 Å². The molecular weight excluding hydrogens is 249 g/mol. The van der Waals surface area contributed by atoms with Gasteiger partial charge in [-0.3, -0.25) is 4.79 Å². The lowest BCUT2D eigenvalue weighted by molar-refractivity contribution is 0.0339. The topological polar surface area (TPSA) is 67.6 Å². The highest BCUT2D eigenvalue weighted by atomic mass is 19.1. The molecule has 0 bridgehead atoms. The molecular formula is C13H18FN3O2. The maximum atomic E-state index is 13.9. The molecule has 0 aromatic heterocycles. The highest BCUT2D eigenvalue weighted by Gasteiger charge is 2.18. The number of morpholine rings is 1. The van der Waals surface area contributed by atoms with E-state index in [9.17, 15) is 9.18 Å². The summed E-state index contributed by atoms with van der Waals surface area (Å²) in [6.07, 6.45) is 0.0361. The third-order valence-corrected chi connectivity index (χ3v) is 3.13. The molecule has 0 saturated carbocycles. The van der Waals surface area contributed by atoms with Crippen molar-refractivity contribution in [3.05, 3.63) is 29.6 Å². The summed E-state index contributed by atoms with van der Waals surface area (Å²) in [7, 11) is 1.79. The van der Waals surface area contributed by atoms with Crippen molar-refractivity contribution < 1.29 is 13.9 Å². The van der Waals surface area contributed by atoms with Crippen molar-refractivity contribution >= 4 is 11.6 Å². The number of anilines is 1. The van der Waals surface area contributed by atoms with E-state index in [2.05, 4.69) is 5.32 Å². The maximum absolute atomic E-state index is 13.9. The predicted octanol–water partition coefficient (Wildman–Crippen LogP) is 0.349. The molecule has 1 aliphatic heterocycles. The summed E-state index contributed by atoms with van der Waals surface area (Å²) in [6, 6.07) is 4.25. The number of benzene rings is 1. The number of amides is 1. The first-order chi connectivity index (χ1) is 9.08. The number of nitrogens with one attached hydrogen (secondary N) is 1. The van der Waals surface area contributed by atoms with Gasteiger partial charge >= 0.3 is 0 Å². The van der Waals surface area contributed by atoms with Crippen molar-refractivity contribution in [3.8, 4) is 0 Å². The number of carbonyl (C=O) groups excluding carboxylic acids is 1. The Morgan fingerprint density at radius 2 is 2.42 bits per heavy atom. The number of primary amides is 1. The van der Waals surface area contributed by atoms with Gasteiger partial charge in [0.15, 0.2) is 0 Å². The molecule has 104 valence electrons. The first kappa shape index (κ1) is 13.8. The second kappa shape index (κ2) is 5.99. The zero-order valence-electron chi connectivity index (χ0n) is 10.9. The van der Waals surface area contributed by atoms with Gasteiger partial charge in [0.1, 0.15) is 5.82 Å². The van der Waals surface area contributed by atoms with Gasteiger partial charge in [0.05, 0.1) is 18.4 Å². The zero-order valence-corrected chi connectivity index (χ0v) is 10.9. The number of rotatable bonds is 4. The van der Waals surface area contributed by atoms with E-state index < -0.39 is 11.7 Å². The summed E-state index contributed by atoms with van der Waals surface area (Å²) in [5, 5.41) is 3.22. The number of nitrogens with two attached hydrogens (primary N) is 1. The van der Waals surface area contributed by atoms with Crippen LogP contribution in [0.25, 0.3) is 0 Å². The van der Waals surface area contributed by atoms with Gasteiger partial charge in [0, 0.05) is 32.2 Å². The fraction of sp³-hybridized carbons (Fsp3) is 0.462. The summed E-state index contributed by atoms with van der Waals surface area (Å²) < 4.78 is 19.5. The van der Waals surface area contributed by atoms with E-state index in [-0.39, 0.29) is 11.7 Å². The van der Waals surface area contributed by atoms with Crippen LogP contribution in [0.5, 0.6) is 0 Å². The van der Waals surface area contributed by atoms with Gasteiger partial charge in [-0.25, -0.2) is 4.39 Å². The Morgan fingerprint density at radius 1 is 1.63 bits per heavy atom. The third-order valence-electron chi connectivity index (χ3n) is 3.13. The standard InChI is InChI=1S/C13H18FN3O2/c1-17(8-10-7-16-4-5-19-10)12-3-2-9(13(15)18)6-11(12)14/h2-3,6,10,16H,4-5,7-8H2,1H3,(H2,15,18). The molecule has 1 unspecified atom stereocenters. The minimum atomic E-state index is -0.632. The molecule has 1 amide bonds. The monoisotopic (exact) mass is 267 g/mol. The van der Waals surface area contributed by atoms with E-state index in [1.807, 2.05) is 0 Å². The fourth-order valence-corrected chi connectivity index (χ4v) is 2.11. The van der Waals surface area contributed by atoms with Gasteiger partial charge in [-0.15, -0.1) is 0 Å². The average molecular weight is 267 g/mol. The molecule has 5 nitrogen and oxygen atoms in total. The van der Waals surface area contributed by atoms with Crippen molar-refractivity contribution in [2.75, 3.05) is 38.2 Å². The highest BCUT2D eigenvalue weighted by Crippen LogP contribution is 2.20. The minimum Gasteiger partial charge on any atom is -0.374 e. The van der Waals surface area contributed by atoms with Crippen molar-refractivity contribution in [3.63, 3.8) is 0 Å². The predicted molar refractivity (Wildman–Crippen MR) is 70.8 cm³/mol. The maximum Gasteiger partial charge on any atom is 0.248 e.